The molecular formula is C54H68N8O5. The number of H-pyrrole nitrogens is 2. The zero-order valence-corrected chi connectivity index (χ0v) is 40.5. The highest BCUT2D eigenvalue weighted by atomic mass is 16.5. The number of hydrogen-bond donors (Lipinski definition) is 4. The highest BCUT2D eigenvalue weighted by Gasteiger charge is 2.45. The summed E-state index contributed by atoms with van der Waals surface area (Å²) in [4.78, 5) is 73.4. The molecule has 2 aliphatic carbocycles. The van der Waals surface area contributed by atoms with E-state index in [0.717, 1.165) is 65.2 Å². The van der Waals surface area contributed by atoms with E-state index in [4.69, 9.17) is 14.7 Å². The molecule has 354 valence electrons. The van der Waals surface area contributed by atoms with Gasteiger partial charge in [-0.2, -0.15) is 0 Å². The molecule has 4 N–H and O–H groups in total. The third kappa shape index (κ3) is 8.74. The summed E-state index contributed by atoms with van der Waals surface area (Å²) in [5.41, 5.74) is 11.8. The van der Waals surface area contributed by atoms with Crippen LogP contribution in [0.25, 0.3) is 44.5 Å². The van der Waals surface area contributed by atoms with E-state index in [0.29, 0.717) is 25.4 Å². The van der Waals surface area contributed by atoms with Gasteiger partial charge in [-0.25, -0.2) is 14.8 Å². The standard InChI is InChI=1S/C54H68N8O5/c1-9-45(63)59-47(30(2)3)51(64)61-28-32(6)24-43(61)49-55-27-42(58-49)35-14-12-34(13-15-35)38-18-17-37(39-20-23-54(46(38)39)21-10-11-22-54)36-16-19-40-41(26-36)57-50(56-40)44-25-33(7)29-62(44)52(65)48(31(4)5)60-53(66)67-8/h12-19,26-27,30-33,43-44,47-48H,9-11,20-25,28-29H2,1-8H3,(H,55,58)(H,56,57)(H,59,63)(H,60,66)/t32-,33-,43-,44-,47-,48-/m0/s1. The lowest BCUT2D eigenvalue weighted by Gasteiger charge is -2.30. The van der Waals surface area contributed by atoms with Crippen molar-refractivity contribution >= 4 is 34.8 Å². The monoisotopic (exact) mass is 909 g/mol. The number of hydrogen-bond acceptors (Lipinski definition) is 7. The molecule has 13 nitrogen and oxygen atoms in total. The Kier molecular flexibility index (Phi) is 12.8. The van der Waals surface area contributed by atoms with Crippen LogP contribution in [0.5, 0.6) is 0 Å². The first-order chi connectivity index (χ1) is 32.2. The van der Waals surface area contributed by atoms with Gasteiger partial charge in [-0.3, -0.25) is 14.4 Å². The number of rotatable bonds is 12. The Bertz CT molecular complexity index is 2660. The molecule has 0 radical (unpaired) electrons. The Balaban J connectivity index is 0.983. The van der Waals surface area contributed by atoms with Gasteiger partial charge < -0.3 is 35.1 Å². The molecular weight excluding hydrogens is 841 g/mol. The third-order valence-corrected chi connectivity index (χ3v) is 15.4. The molecule has 1 saturated carbocycles. The molecule has 1 spiro atoms. The second-order valence-corrected chi connectivity index (χ2v) is 20.8. The number of benzene rings is 3. The van der Waals surface area contributed by atoms with E-state index in [-0.39, 0.29) is 53.0 Å². The molecule has 6 atom stereocenters. The summed E-state index contributed by atoms with van der Waals surface area (Å²) < 4.78 is 4.85. The molecule has 2 aromatic heterocycles. The Hall–Kier alpha value is -5.98. The average Bonchev–Trinajstić information content (AvgIpc) is 4.20. The Morgan fingerprint density at radius 3 is 1.99 bits per heavy atom. The predicted molar refractivity (Wildman–Crippen MR) is 261 cm³/mol. The second kappa shape index (κ2) is 18.6. The van der Waals surface area contributed by atoms with Crippen molar-refractivity contribution in [2.45, 2.75) is 136 Å². The lowest BCUT2D eigenvalue weighted by atomic mass is 9.76. The number of amides is 4. The minimum Gasteiger partial charge on any atom is -0.453 e. The van der Waals surface area contributed by atoms with Crippen molar-refractivity contribution in [3.05, 3.63) is 83.6 Å². The van der Waals surface area contributed by atoms with Crippen molar-refractivity contribution in [1.82, 2.24) is 40.4 Å². The number of imidazole rings is 2. The Labute approximate surface area is 394 Å². The number of carbonyl (C=O) groups excluding carboxylic acids is 4. The number of aromatic amines is 2. The zero-order valence-electron chi connectivity index (χ0n) is 40.5. The number of methoxy groups -OCH3 is 1. The third-order valence-electron chi connectivity index (χ3n) is 15.4. The van der Waals surface area contributed by atoms with Crippen LogP contribution < -0.4 is 10.6 Å². The van der Waals surface area contributed by atoms with Crippen LogP contribution in [-0.2, 0) is 31.0 Å². The average molecular weight is 909 g/mol. The number of aromatic nitrogens is 4. The molecule has 9 rings (SSSR count). The summed E-state index contributed by atoms with van der Waals surface area (Å²) in [7, 11) is 1.31. The number of fused-ring (bicyclic) bond motifs is 3. The number of likely N-dealkylation sites (tertiary alicyclic amines) is 2. The van der Waals surface area contributed by atoms with E-state index in [9.17, 15) is 19.2 Å². The van der Waals surface area contributed by atoms with Crippen LogP contribution in [0.15, 0.2) is 60.8 Å². The lowest BCUT2D eigenvalue weighted by Crippen LogP contribution is -2.51. The van der Waals surface area contributed by atoms with Gasteiger partial charge in [-0.15, -0.1) is 0 Å². The van der Waals surface area contributed by atoms with Gasteiger partial charge in [0.25, 0.3) is 0 Å². The molecule has 4 amide bonds. The van der Waals surface area contributed by atoms with Gasteiger partial charge in [-0.05, 0) is 119 Å². The molecule has 5 aromatic rings. The molecule has 13 heteroatoms. The summed E-state index contributed by atoms with van der Waals surface area (Å²) >= 11 is 0. The van der Waals surface area contributed by atoms with E-state index in [1.807, 2.05) is 43.7 Å². The minimum atomic E-state index is -0.699. The zero-order chi connectivity index (χ0) is 47.3. The van der Waals surface area contributed by atoms with Crippen molar-refractivity contribution in [2.24, 2.45) is 23.7 Å². The van der Waals surface area contributed by atoms with Crippen LogP contribution in [0.3, 0.4) is 0 Å². The summed E-state index contributed by atoms with van der Waals surface area (Å²) in [6.45, 7) is 15.2. The summed E-state index contributed by atoms with van der Waals surface area (Å²) in [6.07, 6.45) is 10.3. The topological polar surface area (TPSA) is 165 Å². The molecule has 2 aliphatic heterocycles. The fraction of sp³-hybridized carbons (Fsp3) is 0.519. The number of nitrogens with zero attached hydrogens (tertiary/aromatic N) is 4. The van der Waals surface area contributed by atoms with Crippen LogP contribution in [0, 0.1) is 23.7 Å². The van der Waals surface area contributed by atoms with Crippen molar-refractivity contribution in [3.8, 4) is 33.5 Å². The van der Waals surface area contributed by atoms with E-state index in [1.54, 1.807) is 6.92 Å². The van der Waals surface area contributed by atoms with E-state index >= 15 is 0 Å². The summed E-state index contributed by atoms with van der Waals surface area (Å²) in [5, 5.41) is 5.73. The Morgan fingerprint density at radius 1 is 0.761 bits per heavy atom. The molecule has 2 saturated heterocycles. The first-order valence-electron chi connectivity index (χ1n) is 24.7. The summed E-state index contributed by atoms with van der Waals surface area (Å²) in [5.74, 6) is 1.70. The number of alkyl carbamates (subject to hydrolysis) is 1. The maximum atomic E-state index is 14.0. The first-order valence-corrected chi connectivity index (χ1v) is 24.7. The highest BCUT2D eigenvalue weighted by Crippen LogP contribution is 2.55. The van der Waals surface area contributed by atoms with Crippen molar-refractivity contribution in [1.29, 1.82) is 0 Å². The van der Waals surface area contributed by atoms with E-state index in [2.05, 4.69) is 89.0 Å². The van der Waals surface area contributed by atoms with Crippen molar-refractivity contribution in [3.63, 3.8) is 0 Å². The number of carbonyl (C=O) groups is 4. The fourth-order valence-corrected chi connectivity index (χ4v) is 11.8. The van der Waals surface area contributed by atoms with Gasteiger partial charge in [0.1, 0.15) is 23.7 Å². The molecule has 0 unspecified atom stereocenters. The van der Waals surface area contributed by atoms with Crippen LogP contribution in [0.2, 0.25) is 0 Å². The largest absolute Gasteiger partial charge is 0.453 e. The van der Waals surface area contributed by atoms with Gasteiger partial charge in [0.15, 0.2) is 0 Å². The van der Waals surface area contributed by atoms with Gasteiger partial charge >= 0.3 is 6.09 Å². The molecule has 67 heavy (non-hydrogen) atoms. The van der Waals surface area contributed by atoms with Gasteiger partial charge in [0, 0.05) is 19.5 Å². The maximum Gasteiger partial charge on any atom is 0.407 e. The maximum absolute atomic E-state index is 14.0. The van der Waals surface area contributed by atoms with Gasteiger partial charge in [0.05, 0.1) is 42.1 Å². The molecule has 0 bridgehead atoms. The highest BCUT2D eigenvalue weighted by molar-refractivity contribution is 5.89. The van der Waals surface area contributed by atoms with Crippen LogP contribution >= 0.6 is 0 Å². The van der Waals surface area contributed by atoms with E-state index < -0.39 is 18.2 Å². The lowest BCUT2D eigenvalue weighted by molar-refractivity contribution is -0.138. The predicted octanol–water partition coefficient (Wildman–Crippen LogP) is 9.80. The SMILES string of the molecule is CCC(=O)N[C@H](C(=O)N1C[C@@H](C)C[C@H]1c1ncc(-c2ccc(-c3ccc(-c4ccc5nc([C@@H]6C[C@H](C)CN6C(=O)[C@@H](NC(=O)OC)C(C)C)[nH]c5c4)c4c3C3(CCCC3)CC4)cc2)[nH]1)C(C)C. The molecule has 4 aliphatic rings. The van der Waals surface area contributed by atoms with Crippen LogP contribution in [-0.4, -0.2) is 85.8 Å². The molecule has 3 fully saturated rings. The Morgan fingerprint density at radius 2 is 1.36 bits per heavy atom. The second-order valence-electron chi connectivity index (χ2n) is 20.8. The van der Waals surface area contributed by atoms with Crippen LogP contribution in [0.4, 0.5) is 4.79 Å². The smallest absolute Gasteiger partial charge is 0.407 e. The van der Waals surface area contributed by atoms with Crippen molar-refractivity contribution < 1.29 is 23.9 Å². The number of ether oxygens (including phenoxy) is 1. The fourth-order valence-electron chi connectivity index (χ4n) is 11.8. The van der Waals surface area contributed by atoms with Crippen LogP contribution in [0.1, 0.15) is 135 Å². The minimum absolute atomic E-state index is 0.0335. The normalized spacial score (nSPS) is 21.9. The van der Waals surface area contributed by atoms with E-state index in [1.165, 1.54) is 60.6 Å². The van der Waals surface area contributed by atoms with Gasteiger partial charge in [0.2, 0.25) is 17.7 Å². The molecule has 3 aromatic carbocycles. The van der Waals surface area contributed by atoms with Gasteiger partial charge in [-0.1, -0.05) is 104 Å². The molecule has 4 heterocycles. The van der Waals surface area contributed by atoms with Crippen molar-refractivity contribution in [2.75, 3.05) is 20.2 Å². The number of nitrogens with one attached hydrogen (secondary N) is 4. The summed E-state index contributed by atoms with van der Waals surface area (Å²) in [6, 6.07) is 18.3. The quantitative estimate of drug-likeness (QED) is 0.0968. The first kappa shape index (κ1) is 46.1.